The van der Waals surface area contributed by atoms with Crippen molar-refractivity contribution >= 4 is 11.9 Å². The molecular weight excluding hydrogens is 770 g/mol. The van der Waals surface area contributed by atoms with Crippen LogP contribution in [0.5, 0.6) is 11.8 Å². The van der Waals surface area contributed by atoms with Crippen molar-refractivity contribution in [3.63, 3.8) is 0 Å². The Labute approximate surface area is 323 Å². The van der Waals surface area contributed by atoms with Crippen molar-refractivity contribution < 1.29 is 64.4 Å². The Hall–Kier alpha value is -5.32. The maximum atomic E-state index is 14.6. The first-order chi connectivity index (χ1) is 26.9. The lowest BCUT2D eigenvalue weighted by molar-refractivity contribution is -0.138. The van der Waals surface area contributed by atoms with Gasteiger partial charge >= 0.3 is 18.3 Å². The monoisotopic (exact) mass is 811 g/mol. The highest BCUT2D eigenvalue weighted by molar-refractivity contribution is 5.96. The molecule has 2 atom stereocenters. The van der Waals surface area contributed by atoms with E-state index in [2.05, 4.69) is 15.3 Å². The average molecular weight is 812 g/mol. The van der Waals surface area contributed by atoms with Crippen LogP contribution in [0, 0.1) is 11.6 Å². The molecule has 9 nitrogen and oxygen atoms in total. The summed E-state index contributed by atoms with van der Waals surface area (Å²) < 4.78 is 118. The number of hydrogen-bond acceptors (Lipinski definition) is 7. The van der Waals surface area contributed by atoms with E-state index in [0.717, 1.165) is 44.0 Å². The number of aromatic nitrogens is 2. The van der Waals surface area contributed by atoms with Crippen molar-refractivity contribution in [3.05, 3.63) is 94.8 Å². The van der Waals surface area contributed by atoms with Gasteiger partial charge in [-0.15, -0.1) is 0 Å². The van der Waals surface area contributed by atoms with Gasteiger partial charge in [0.2, 0.25) is 11.8 Å². The molecule has 0 aliphatic heterocycles. The maximum absolute atomic E-state index is 14.6. The van der Waals surface area contributed by atoms with Gasteiger partial charge in [0.05, 0.1) is 47.6 Å². The number of aliphatic hydroxyl groups is 1. The van der Waals surface area contributed by atoms with Crippen LogP contribution in [0.4, 0.5) is 35.1 Å². The third-order valence-corrected chi connectivity index (χ3v) is 8.90. The Morgan fingerprint density at radius 2 is 1.18 bits per heavy atom. The zero-order valence-electron chi connectivity index (χ0n) is 30.9. The third kappa shape index (κ3) is 12.1. The zero-order valence-corrected chi connectivity index (χ0v) is 30.9. The highest BCUT2D eigenvalue weighted by atomic mass is 19.4. The standard InChI is InChI=1S/C23H26F4N2O3.C17H15F4NO3/c1-2-3-10-32-22-17(16-12-15(23(25,26)27)8-9-18(16)24)11-14(13-28-22)21(31)29-19-6-4-5-7-20(19)30;1-2-3-6-25-15-13(7-10(9-22-15)16(23)24)12-8-11(17(19,20)21)4-5-14(12)18/h8-9,11-13,19-20,30H,2-7,10H2,1H3,(H,29,31);4-5,7-9H,2-3,6H2,1H3,(H,23,24)/t19-,20-;/m1./s1. The number of halogens is 8. The van der Waals surface area contributed by atoms with Crippen molar-refractivity contribution in [1.82, 2.24) is 15.3 Å². The number of carboxylic acid groups (broad SMARTS) is 1. The molecule has 1 fully saturated rings. The second-order valence-electron chi connectivity index (χ2n) is 13.2. The number of aromatic carboxylic acids is 1. The molecule has 17 heteroatoms. The van der Waals surface area contributed by atoms with Gasteiger partial charge < -0.3 is 25.0 Å². The van der Waals surface area contributed by atoms with E-state index in [-0.39, 0.29) is 52.8 Å². The lowest BCUT2D eigenvalue weighted by Crippen LogP contribution is -2.45. The lowest BCUT2D eigenvalue weighted by Gasteiger charge is -2.28. The number of aliphatic hydroxyl groups excluding tert-OH is 1. The maximum Gasteiger partial charge on any atom is 0.416 e. The number of alkyl halides is 6. The number of carbonyl (C=O) groups excluding carboxylic acids is 1. The normalized spacial score (nSPS) is 15.6. The van der Waals surface area contributed by atoms with E-state index < -0.39 is 64.7 Å². The van der Waals surface area contributed by atoms with Crippen LogP contribution in [-0.4, -0.2) is 57.4 Å². The molecule has 1 aliphatic carbocycles. The van der Waals surface area contributed by atoms with Gasteiger partial charge in [0, 0.05) is 34.6 Å². The average Bonchev–Trinajstić information content (AvgIpc) is 3.16. The molecule has 0 spiro atoms. The number of amides is 1. The van der Waals surface area contributed by atoms with E-state index in [0.29, 0.717) is 56.0 Å². The quantitative estimate of drug-likeness (QED) is 0.0899. The summed E-state index contributed by atoms with van der Waals surface area (Å²) in [6.07, 6.45) is -1.85. The number of ether oxygens (including phenoxy) is 2. The molecule has 2 heterocycles. The fraction of sp³-hybridized carbons (Fsp3) is 0.400. The molecule has 0 unspecified atom stereocenters. The Morgan fingerprint density at radius 3 is 1.61 bits per heavy atom. The summed E-state index contributed by atoms with van der Waals surface area (Å²) in [7, 11) is 0. The van der Waals surface area contributed by atoms with Crippen LogP contribution in [-0.2, 0) is 12.4 Å². The van der Waals surface area contributed by atoms with Crippen molar-refractivity contribution in [2.24, 2.45) is 0 Å². The summed E-state index contributed by atoms with van der Waals surface area (Å²) in [6, 6.07) is 5.89. The van der Waals surface area contributed by atoms with Crippen LogP contribution in [0.15, 0.2) is 60.9 Å². The van der Waals surface area contributed by atoms with Crippen LogP contribution in [0.25, 0.3) is 22.3 Å². The summed E-state index contributed by atoms with van der Waals surface area (Å²) in [5, 5.41) is 21.9. The van der Waals surface area contributed by atoms with E-state index in [9.17, 15) is 49.8 Å². The highest BCUT2D eigenvalue weighted by Gasteiger charge is 2.33. The number of benzene rings is 2. The summed E-state index contributed by atoms with van der Waals surface area (Å²) in [4.78, 5) is 31.8. The first-order valence-corrected chi connectivity index (χ1v) is 18.2. The Morgan fingerprint density at radius 1 is 0.719 bits per heavy atom. The number of unbranched alkanes of at least 4 members (excludes halogenated alkanes) is 2. The fourth-order valence-electron chi connectivity index (χ4n) is 5.74. The summed E-state index contributed by atoms with van der Waals surface area (Å²) in [6.45, 7) is 4.33. The van der Waals surface area contributed by atoms with Crippen LogP contribution < -0.4 is 14.8 Å². The minimum atomic E-state index is -4.66. The molecular formula is C40H41F8N3O6. The molecule has 3 N–H and O–H groups in total. The highest BCUT2D eigenvalue weighted by Crippen LogP contribution is 2.38. The predicted molar refractivity (Wildman–Crippen MR) is 193 cm³/mol. The number of hydrogen-bond donors (Lipinski definition) is 3. The first kappa shape index (κ1) is 44.4. The van der Waals surface area contributed by atoms with Crippen molar-refractivity contribution in [1.29, 1.82) is 0 Å². The van der Waals surface area contributed by atoms with Crippen LogP contribution in [0.3, 0.4) is 0 Å². The molecule has 1 amide bonds. The van der Waals surface area contributed by atoms with Crippen LogP contribution >= 0.6 is 0 Å². The largest absolute Gasteiger partial charge is 0.478 e. The molecule has 5 rings (SSSR count). The lowest BCUT2D eigenvalue weighted by atomic mass is 9.92. The topological polar surface area (TPSA) is 131 Å². The summed E-state index contributed by atoms with van der Waals surface area (Å²) in [5.41, 5.74) is -3.27. The smallest absolute Gasteiger partial charge is 0.416 e. The molecule has 308 valence electrons. The third-order valence-electron chi connectivity index (χ3n) is 8.90. The molecule has 0 saturated heterocycles. The number of carbonyl (C=O) groups is 2. The van der Waals surface area contributed by atoms with Gasteiger partial charge in [0.15, 0.2) is 0 Å². The van der Waals surface area contributed by atoms with E-state index >= 15 is 0 Å². The van der Waals surface area contributed by atoms with Gasteiger partial charge in [-0.3, -0.25) is 4.79 Å². The van der Waals surface area contributed by atoms with E-state index in [1.165, 1.54) is 12.3 Å². The molecule has 0 radical (unpaired) electrons. The van der Waals surface area contributed by atoms with E-state index in [4.69, 9.17) is 14.6 Å². The van der Waals surface area contributed by atoms with Crippen molar-refractivity contribution in [3.8, 4) is 34.0 Å². The van der Waals surface area contributed by atoms with Crippen molar-refractivity contribution in [2.75, 3.05) is 13.2 Å². The minimum absolute atomic E-state index is 0.0393. The number of nitrogens with one attached hydrogen (secondary N) is 1. The molecule has 1 aliphatic rings. The zero-order chi connectivity index (χ0) is 41.9. The van der Waals surface area contributed by atoms with Gasteiger partial charge in [0.25, 0.3) is 5.91 Å². The molecule has 57 heavy (non-hydrogen) atoms. The number of rotatable bonds is 13. The number of pyridine rings is 2. The summed E-state index contributed by atoms with van der Waals surface area (Å²) in [5.74, 6) is -3.86. The SMILES string of the molecule is CCCCOc1ncc(C(=O)N[C@@H]2CCCC[C@H]2O)cc1-c1cc(C(F)(F)F)ccc1F.CCCCOc1ncc(C(=O)O)cc1-c1cc(C(F)(F)F)ccc1F. The Balaban J connectivity index is 0.000000261. The second-order valence-corrected chi connectivity index (χ2v) is 13.2. The Bertz CT molecular complexity index is 2010. The Kier molecular flexibility index (Phi) is 15.3. The second kappa shape index (κ2) is 19.7. The number of carboxylic acids is 1. The van der Waals surface area contributed by atoms with Gasteiger partial charge in [-0.25, -0.2) is 23.5 Å². The van der Waals surface area contributed by atoms with E-state index in [1.54, 1.807) is 0 Å². The first-order valence-electron chi connectivity index (χ1n) is 18.2. The molecule has 0 bridgehead atoms. The fourth-order valence-corrected chi connectivity index (χ4v) is 5.74. The predicted octanol–water partition coefficient (Wildman–Crippen LogP) is 9.90. The molecule has 2 aromatic carbocycles. The van der Waals surface area contributed by atoms with Gasteiger partial charge in [-0.05, 0) is 74.2 Å². The van der Waals surface area contributed by atoms with Gasteiger partial charge in [-0.1, -0.05) is 39.5 Å². The van der Waals surface area contributed by atoms with Gasteiger partial charge in [-0.2, -0.15) is 26.3 Å². The van der Waals surface area contributed by atoms with Crippen LogP contribution in [0.1, 0.15) is 97.1 Å². The van der Waals surface area contributed by atoms with Crippen molar-refractivity contribution in [2.45, 2.75) is 89.7 Å². The molecule has 1 saturated carbocycles. The minimum Gasteiger partial charge on any atom is -0.478 e. The summed E-state index contributed by atoms with van der Waals surface area (Å²) >= 11 is 0. The van der Waals surface area contributed by atoms with E-state index in [1.807, 2.05) is 13.8 Å². The van der Waals surface area contributed by atoms with Gasteiger partial charge in [0.1, 0.15) is 11.6 Å². The molecule has 2 aromatic heterocycles. The number of nitrogens with zero attached hydrogens (tertiary/aromatic N) is 2. The van der Waals surface area contributed by atoms with Crippen LogP contribution in [0.2, 0.25) is 0 Å². The molecule has 4 aromatic rings.